The molecular formula is C13H9BrF2O2. The van der Waals surface area contributed by atoms with Gasteiger partial charge in [-0.2, -0.15) is 0 Å². The van der Waals surface area contributed by atoms with Crippen molar-refractivity contribution >= 4 is 15.9 Å². The summed E-state index contributed by atoms with van der Waals surface area (Å²) in [7, 11) is 0. The molecule has 0 amide bonds. The fourth-order valence-electron chi connectivity index (χ4n) is 1.39. The van der Waals surface area contributed by atoms with E-state index in [0.717, 1.165) is 17.7 Å². The molecule has 0 heterocycles. The first kappa shape index (κ1) is 13.0. The number of halogens is 3. The van der Waals surface area contributed by atoms with Gasteiger partial charge in [-0.15, -0.1) is 0 Å². The Morgan fingerprint density at radius 3 is 2.44 bits per heavy atom. The Kier molecular flexibility index (Phi) is 3.93. The van der Waals surface area contributed by atoms with Gasteiger partial charge in [-0.25, -0.2) is 8.78 Å². The van der Waals surface area contributed by atoms with Crippen LogP contribution in [0.2, 0.25) is 0 Å². The van der Waals surface area contributed by atoms with Gasteiger partial charge in [-0.1, -0.05) is 6.07 Å². The molecule has 0 atom stereocenters. The number of benzene rings is 2. The van der Waals surface area contributed by atoms with Gasteiger partial charge in [0.25, 0.3) is 0 Å². The zero-order chi connectivity index (χ0) is 13.1. The van der Waals surface area contributed by atoms with Gasteiger partial charge in [0.2, 0.25) is 0 Å². The Labute approximate surface area is 111 Å². The van der Waals surface area contributed by atoms with Crippen LogP contribution in [0.25, 0.3) is 0 Å². The third-order valence-electron chi connectivity index (χ3n) is 2.30. The monoisotopic (exact) mass is 314 g/mol. The van der Waals surface area contributed by atoms with Crippen LogP contribution in [0.4, 0.5) is 8.78 Å². The van der Waals surface area contributed by atoms with Gasteiger partial charge < -0.3 is 9.84 Å². The minimum Gasteiger partial charge on any atom is -0.456 e. The van der Waals surface area contributed by atoms with Crippen molar-refractivity contribution in [1.29, 1.82) is 0 Å². The second kappa shape index (κ2) is 5.46. The van der Waals surface area contributed by atoms with Gasteiger partial charge in [0, 0.05) is 6.07 Å². The molecule has 2 rings (SSSR count). The fraction of sp³-hybridized carbons (Fsp3) is 0.0769. The molecule has 2 aromatic carbocycles. The third kappa shape index (κ3) is 2.86. The SMILES string of the molecule is OCc1ccc(Oc2ccc(F)c(F)c2)c(Br)c1. The summed E-state index contributed by atoms with van der Waals surface area (Å²) in [5, 5.41) is 8.96. The highest BCUT2D eigenvalue weighted by Crippen LogP contribution is 2.31. The van der Waals surface area contributed by atoms with E-state index in [1.165, 1.54) is 6.07 Å². The Bertz CT molecular complexity index is 573. The van der Waals surface area contributed by atoms with Crippen LogP contribution in [0.3, 0.4) is 0 Å². The minimum atomic E-state index is -0.962. The van der Waals surface area contributed by atoms with E-state index in [2.05, 4.69) is 15.9 Å². The smallest absolute Gasteiger partial charge is 0.162 e. The molecule has 0 aliphatic rings. The van der Waals surface area contributed by atoms with Gasteiger partial charge in [0.05, 0.1) is 11.1 Å². The molecule has 0 fully saturated rings. The highest BCUT2D eigenvalue weighted by Gasteiger charge is 2.07. The third-order valence-corrected chi connectivity index (χ3v) is 2.92. The highest BCUT2D eigenvalue weighted by molar-refractivity contribution is 9.10. The maximum absolute atomic E-state index is 13.0. The fourth-order valence-corrected chi connectivity index (χ4v) is 1.90. The maximum atomic E-state index is 13.0. The summed E-state index contributed by atoms with van der Waals surface area (Å²) in [6.45, 7) is -0.0793. The van der Waals surface area contributed by atoms with E-state index in [-0.39, 0.29) is 12.4 Å². The molecule has 5 heteroatoms. The van der Waals surface area contributed by atoms with Crippen LogP contribution in [0.15, 0.2) is 40.9 Å². The number of aliphatic hydroxyl groups excluding tert-OH is 1. The predicted octanol–water partition coefficient (Wildman–Crippen LogP) is 4.01. The van der Waals surface area contributed by atoms with Gasteiger partial charge in [-0.05, 0) is 45.8 Å². The van der Waals surface area contributed by atoms with Crippen molar-refractivity contribution in [2.45, 2.75) is 6.61 Å². The van der Waals surface area contributed by atoms with E-state index in [9.17, 15) is 8.78 Å². The molecule has 0 spiro atoms. The van der Waals surface area contributed by atoms with E-state index in [4.69, 9.17) is 9.84 Å². The average Bonchev–Trinajstić information content (AvgIpc) is 2.36. The number of aliphatic hydroxyl groups is 1. The molecule has 94 valence electrons. The maximum Gasteiger partial charge on any atom is 0.162 e. The lowest BCUT2D eigenvalue weighted by Gasteiger charge is -2.09. The van der Waals surface area contributed by atoms with Crippen LogP contribution >= 0.6 is 15.9 Å². The van der Waals surface area contributed by atoms with E-state index in [1.807, 2.05) is 0 Å². The second-order valence-electron chi connectivity index (χ2n) is 3.60. The summed E-state index contributed by atoms with van der Waals surface area (Å²) in [5.74, 6) is -1.22. The van der Waals surface area contributed by atoms with Crippen LogP contribution in [-0.2, 0) is 6.61 Å². The van der Waals surface area contributed by atoms with Gasteiger partial charge >= 0.3 is 0 Å². The van der Waals surface area contributed by atoms with Crippen molar-refractivity contribution in [3.05, 3.63) is 58.1 Å². The summed E-state index contributed by atoms with van der Waals surface area (Å²) in [6.07, 6.45) is 0. The van der Waals surface area contributed by atoms with Crippen LogP contribution < -0.4 is 4.74 Å². The van der Waals surface area contributed by atoms with E-state index in [0.29, 0.717) is 10.2 Å². The molecular weight excluding hydrogens is 306 g/mol. The lowest BCUT2D eigenvalue weighted by Crippen LogP contribution is -1.90. The van der Waals surface area contributed by atoms with Crippen LogP contribution in [0.5, 0.6) is 11.5 Å². The first-order chi connectivity index (χ1) is 8.60. The van der Waals surface area contributed by atoms with Crippen molar-refractivity contribution in [3.63, 3.8) is 0 Å². The molecule has 0 saturated carbocycles. The van der Waals surface area contributed by atoms with Gasteiger partial charge in [0.15, 0.2) is 11.6 Å². The summed E-state index contributed by atoms with van der Waals surface area (Å²) in [6, 6.07) is 8.32. The molecule has 18 heavy (non-hydrogen) atoms. The van der Waals surface area contributed by atoms with Gasteiger partial charge in [0.1, 0.15) is 11.5 Å². The lowest BCUT2D eigenvalue weighted by molar-refractivity contribution is 0.281. The first-order valence-corrected chi connectivity index (χ1v) is 5.91. The molecule has 0 saturated heterocycles. The zero-order valence-corrected chi connectivity index (χ0v) is 10.7. The van der Waals surface area contributed by atoms with E-state index in [1.54, 1.807) is 18.2 Å². The van der Waals surface area contributed by atoms with Crippen molar-refractivity contribution < 1.29 is 18.6 Å². The largest absolute Gasteiger partial charge is 0.456 e. The molecule has 0 aromatic heterocycles. The first-order valence-electron chi connectivity index (χ1n) is 5.12. The van der Waals surface area contributed by atoms with Crippen molar-refractivity contribution in [1.82, 2.24) is 0 Å². The topological polar surface area (TPSA) is 29.5 Å². The Morgan fingerprint density at radius 2 is 1.83 bits per heavy atom. The normalized spacial score (nSPS) is 10.4. The Morgan fingerprint density at radius 1 is 1.06 bits per heavy atom. The van der Waals surface area contributed by atoms with Crippen molar-refractivity contribution in [2.24, 2.45) is 0 Å². The van der Waals surface area contributed by atoms with Crippen LogP contribution in [-0.4, -0.2) is 5.11 Å². The van der Waals surface area contributed by atoms with E-state index < -0.39 is 11.6 Å². The zero-order valence-electron chi connectivity index (χ0n) is 9.16. The average molecular weight is 315 g/mol. The number of ether oxygens (including phenoxy) is 1. The molecule has 1 N–H and O–H groups in total. The predicted molar refractivity (Wildman–Crippen MR) is 66.5 cm³/mol. The molecule has 2 aromatic rings. The minimum absolute atomic E-state index is 0.0793. The molecule has 2 nitrogen and oxygen atoms in total. The summed E-state index contributed by atoms with van der Waals surface area (Å²) in [5.41, 5.74) is 0.722. The van der Waals surface area contributed by atoms with Crippen molar-refractivity contribution in [3.8, 4) is 11.5 Å². The van der Waals surface area contributed by atoms with Gasteiger partial charge in [-0.3, -0.25) is 0 Å². The van der Waals surface area contributed by atoms with Crippen molar-refractivity contribution in [2.75, 3.05) is 0 Å². The highest BCUT2D eigenvalue weighted by atomic mass is 79.9. The molecule has 0 unspecified atom stereocenters. The molecule has 0 aliphatic heterocycles. The summed E-state index contributed by atoms with van der Waals surface area (Å²) < 4.78 is 31.8. The van der Waals surface area contributed by atoms with E-state index >= 15 is 0 Å². The number of rotatable bonds is 3. The molecule has 0 bridgehead atoms. The summed E-state index contributed by atoms with van der Waals surface area (Å²) >= 11 is 3.27. The van der Waals surface area contributed by atoms with Crippen LogP contribution in [0.1, 0.15) is 5.56 Å². The Balaban J connectivity index is 2.25. The van der Waals surface area contributed by atoms with Crippen LogP contribution in [0, 0.1) is 11.6 Å². The second-order valence-corrected chi connectivity index (χ2v) is 4.46. The Hall–Kier alpha value is -1.46. The molecule has 0 aliphatic carbocycles. The standard InChI is InChI=1S/C13H9BrF2O2/c14-10-5-8(7-17)1-4-13(10)18-9-2-3-11(15)12(16)6-9/h1-6,17H,7H2. The number of hydrogen-bond donors (Lipinski definition) is 1. The molecule has 0 radical (unpaired) electrons. The number of hydrogen-bond acceptors (Lipinski definition) is 2. The quantitative estimate of drug-likeness (QED) is 0.927. The summed E-state index contributed by atoms with van der Waals surface area (Å²) in [4.78, 5) is 0. The lowest BCUT2D eigenvalue weighted by atomic mass is 10.2.